The molecule has 0 radical (unpaired) electrons. The van der Waals surface area contributed by atoms with Crippen molar-refractivity contribution in [1.82, 2.24) is 9.55 Å². The molecule has 84 valence electrons. The van der Waals surface area contributed by atoms with Crippen LogP contribution in [0.4, 0.5) is 5.95 Å². The van der Waals surface area contributed by atoms with Crippen LogP contribution in [0.25, 0.3) is 0 Å². The normalized spacial score (nSPS) is 12.4. The molecule has 1 atom stereocenters. The summed E-state index contributed by atoms with van der Waals surface area (Å²) in [7, 11) is 1.71. The molecule has 0 fully saturated rings. The van der Waals surface area contributed by atoms with E-state index in [9.17, 15) is 0 Å². The average molecular weight is 209 g/mol. The largest absolute Gasteiger partial charge is 0.383 e. The summed E-state index contributed by atoms with van der Waals surface area (Å²) in [5.41, 5.74) is 0. The number of anilines is 1. The zero-order valence-electron chi connectivity index (χ0n) is 9.44. The lowest BCUT2D eigenvalue weighted by molar-refractivity contribution is 0.184. The Morgan fingerprint density at radius 3 is 3.13 bits per heavy atom. The Balaban J connectivity index is 2.60. The van der Waals surface area contributed by atoms with Gasteiger partial charge < -0.3 is 14.6 Å². The molecule has 0 aliphatic carbocycles. The van der Waals surface area contributed by atoms with Crippen molar-refractivity contribution in [3.05, 3.63) is 25.0 Å². The van der Waals surface area contributed by atoms with Crippen LogP contribution in [-0.4, -0.2) is 29.3 Å². The highest BCUT2D eigenvalue weighted by atomic mass is 16.5. The minimum Gasteiger partial charge on any atom is -0.383 e. The third-order valence-corrected chi connectivity index (χ3v) is 2.24. The molecule has 1 N–H and O–H groups in total. The molecule has 1 heterocycles. The number of imidazole rings is 1. The van der Waals surface area contributed by atoms with Crippen molar-refractivity contribution in [2.45, 2.75) is 25.9 Å². The Bertz CT molecular complexity index is 296. The quantitative estimate of drug-likeness (QED) is 0.697. The lowest BCUT2D eigenvalue weighted by Crippen LogP contribution is -2.25. The van der Waals surface area contributed by atoms with Gasteiger partial charge in [0.25, 0.3) is 0 Å². The molecule has 4 heteroatoms. The van der Waals surface area contributed by atoms with Crippen LogP contribution in [-0.2, 0) is 11.3 Å². The van der Waals surface area contributed by atoms with Gasteiger partial charge in [0, 0.05) is 26.0 Å². The van der Waals surface area contributed by atoms with Crippen LogP contribution in [0.3, 0.4) is 0 Å². The van der Waals surface area contributed by atoms with Crippen molar-refractivity contribution in [2.75, 3.05) is 19.0 Å². The van der Waals surface area contributed by atoms with Gasteiger partial charge >= 0.3 is 0 Å². The molecule has 0 aliphatic heterocycles. The number of hydrogen-bond acceptors (Lipinski definition) is 3. The number of rotatable bonds is 7. The van der Waals surface area contributed by atoms with Crippen molar-refractivity contribution >= 4 is 5.95 Å². The van der Waals surface area contributed by atoms with Crippen LogP contribution in [0, 0.1) is 0 Å². The summed E-state index contributed by atoms with van der Waals surface area (Å²) < 4.78 is 7.14. The molecule has 0 amide bonds. The van der Waals surface area contributed by atoms with Gasteiger partial charge in [0.2, 0.25) is 5.95 Å². The van der Waals surface area contributed by atoms with Gasteiger partial charge in [-0.1, -0.05) is 13.0 Å². The van der Waals surface area contributed by atoms with E-state index >= 15 is 0 Å². The number of methoxy groups -OCH3 is 1. The molecule has 1 aromatic rings. The van der Waals surface area contributed by atoms with Crippen molar-refractivity contribution in [3.8, 4) is 0 Å². The van der Waals surface area contributed by atoms with Gasteiger partial charge in [0.05, 0.1) is 12.6 Å². The topological polar surface area (TPSA) is 39.1 Å². The highest BCUT2D eigenvalue weighted by molar-refractivity contribution is 5.27. The van der Waals surface area contributed by atoms with Gasteiger partial charge in [-0.2, -0.15) is 0 Å². The molecular formula is C11H19N3O. The first kappa shape index (κ1) is 11.8. The van der Waals surface area contributed by atoms with E-state index in [1.165, 1.54) is 0 Å². The van der Waals surface area contributed by atoms with E-state index < -0.39 is 0 Å². The van der Waals surface area contributed by atoms with Crippen LogP contribution in [0.5, 0.6) is 0 Å². The zero-order valence-corrected chi connectivity index (χ0v) is 9.44. The van der Waals surface area contributed by atoms with E-state index in [-0.39, 0.29) is 0 Å². The average Bonchev–Trinajstić information content (AvgIpc) is 2.66. The molecule has 4 nitrogen and oxygen atoms in total. The maximum absolute atomic E-state index is 5.12. The zero-order chi connectivity index (χ0) is 11.1. The Morgan fingerprint density at radius 1 is 1.73 bits per heavy atom. The first-order valence-corrected chi connectivity index (χ1v) is 5.19. The third kappa shape index (κ3) is 3.40. The molecule has 15 heavy (non-hydrogen) atoms. The van der Waals surface area contributed by atoms with Gasteiger partial charge in [0.15, 0.2) is 0 Å². The van der Waals surface area contributed by atoms with E-state index in [1.54, 1.807) is 13.3 Å². The summed E-state index contributed by atoms with van der Waals surface area (Å²) in [5, 5.41) is 3.34. The number of ether oxygens (including phenoxy) is 1. The van der Waals surface area contributed by atoms with E-state index in [4.69, 9.17) is 4.74 Å². The first-order valence-electron chi connectivity index (χ1n) is 5.19. The second-order valence-corrected chi connectivity index (χ2v) is 3.40. The molecular weight excluding hydrogens is 190 g/mol. The minimum atomic E-state index is 0.306. The Morgan fingerprint density at radius 2 is 2.53 bits per heavy atom. The monoisotopic (exact) mass is 209 g/mol. The predicted octanol–water partition coefficient (Wildman–Crippen LogP) is 1.91. The van der Waals surface area contributed by atoms with E-state index in [0.29, 0.717) is 12.6 Å². The molecule has 0 bridgehead atoms. The number of aromatic nitrogens is 2. The van der Waals surface area contributed by atoms with Gasteiger partial charge in [-0.05, 0) is 6.42 Å². The minimum absolute atomic E-state index is 0.306. The van der Waals surface area contributed by atoms with Gasteiger partial charge in [0.1, 0.15) is 0 Å². The lowest BCUT2D eigenvalue weighted by atomic mass is 10.2. The molecule has 1 rings (SSSR count). The summed E-state index contributed by atoms with van der Waals surface area (Å²) in [4.78, 5) is 4.25. The van der Waals surface area contributed by atoms with Crippen LogP contribution < -0.4 is 5.32 Å². The maximum atomic E-state index is 5.12. The second kappa shape index (κ2) is 6.24. The van der Waals surface area contributed by atoms with Crippen LogP contribution in [0.1, 0.15) is 13.3 Å². The Kier molecular flexibility index (Phi) is 4.90. The summed E-state index contributed by atoms with van der Waals surface area (Å²) in [6.45, 7) is 7.30. The third-order valence-electron chi connectivity index (χ3n) is 2.24. The summed E-state index contributed by atoms with van der Waals surface area (Å²) in [6.07, 6.45) is 6.58. The second-order valence-electron chi connectivity index (χ2n) is 3.40. The number of hydrogen-bond donors (Lipinski definition) is 1. The molecule has 0 aromatic carbocycles. The van der Waals surface area contributed by atoms with Crippen molar-refractivity contribution < 1.29 is 4.74 Å². The smallest absolute Gasteiger partial charge is 0.203 e. The van der Waals surface area contributed by atoms with E-state index in [0.717, 1.165) is 18.9 Å². The Labute approximate surface area is 91.0 Å². The van der Waals surface area contributed by atoms with Crippen molar-refractivity contribution in [2.24, 2.45) is 0 Å². The lowest BCUT2D eigenvalue weighted by Gasteiger charge is -2.17. The van der Waals surface area contributed by atoms with E-state index in [1.807, 2.05) is 16.8 Å². The van der Waals surface area contributed by atoms with Crippen molar-refractivity contribution in [3.63, 3.8) is 0 Å². The molecule has 0 saturated carbocycles. The van der Waals surface area contributed by atoms with Gasteiger partial charge in [-0.25, -0.2) is 4.98 Å². The fourth-order valence-corrected chi connectivity index (χ4v) is 1.38. The Hall–Kier alpha value is -1.29. The SMILES string of the molecule is C=CCn1ccnc1NC(CC)COC. The molecule has 1 unspecified atom stereocenters. The molecule has 1 aromatic heterocycles. The predicted molar refractivity (Wildman–Crippen MR) is 62.0 cm³/mol. The highest BCUT2D eigenvalue weighted by Gasteiger charge is 2.08. The van der Waals surface area contributed by atoms with Crippen LogP contribution in [0.15, 0.2) is 25.0 Å². The van der Waals surface area contributed by atoms with E-state index in [2.05, 4.69) is 23.8 Å². The number of nitrogens with zero attached hydrogens (tertiary/aromatic N) is 2. The number of allylic oxidation sites excluding steroid dienone is 1. The summed E-state index contributed by atoms with van der Waals surface area (Å²) in [6, 6.07) is 0.306. The summed E-state index contributed by atoms with van der Waals surface area (Å²) >= 11 is 0. The highest BCUT2D eigenvalue weighted by Crippen LogP contribution is 2.08. The van der Waals surface area contributed by atoms with Crippen LogP contribution in [0.2, 0.25) is 0 Å². The molecule has 0 spiro atoms. The molecule has 0 aliphatic rings. The van der Waals surface area contributed by atoms with Gasteiger partial charge in [-0.3, -0.25) is 0 Å². The van der Waals surface area contributed by atoms with Crippen LogP contribution >= 0.6 is 0 Å². The molecule has 0 saturated heterocycles. The maximum Gasteiger partial charge on any atom is 0.203 e. The van der Waals surface area contributed by atoms with Gasteiger partial charge in [-0.15, -0.1) is 6.58 Å². The van der Waals surface area contributed by atoms with Crippen molar-refractivity contribution in [1.29, 1.82) is 0 Å². The fraction of sp³-hybridized carbons (Fsp3) is 0.545. The first-order chi connectivity index (χ1) is 7.31. The fourth-order valence-electron chi connectivity index (χ4n) is 1.38. The number of nitrogens with one attached hydrogen (secondary N) is 1. The summed E-state index contributed by atoms with van der Waals surface area (Å²) in [5.74, 6) is 0.874. The standard InChI is InChI=1S/C11H19N3O/c1-4-7-14-8-6-12-11(14)13-10(5-2)9-15-3/h4,6,8,10H,1,5,7,9H2,2-3H3,(H,12,13).